The van der Waals surface area contributed by atoms with E-state index in [2.05, 4.69) is 14.9 Å². The summed E-state index contributed by atoms with van der Waals surface area (Å²) in [6.07, 6.45) is 1.01. The molecule has 0 saturated carbocycles. The van der Waals surface area contributed by atoms with Gasteiger partial charge >= 0.3 is 0 Å². The van der Waals surface area contributed by atoms with Gasteiger partial charge in [-0.2, -0.15) is 0 Å². The van der Waals surface area contributed by atoms with E-state index in [0.717, 1.165) is 38.3 Å². The lowest BCUT2D eigenvalue weighted by Crippen LogP contribution is -2.34. The number of amides is 1. The normalized spacial score (nSPS) is 17.2. The predicted molar refractivity (Wildman–Crippen MR) is 67.4 cm³/mol. The number of hydrogen-bond acceptors (Lipinski definition) is 5. The summed E-state index contributed by atoms with van der Waals surface area (Å²) in [5.41, 5.74) is 0.831. The molecule has 94 valence electrons. The molecule has 1 aromatic rings. The van der Waals surface area contributed by atoms with Crippen molar-refractivity contribution in [3.05, 3.63) is 10.6 Å². The summed E-state index contributed by atoms with van der Waals surface area (Å²) in [6.45, 7) is 7.53. The van der Waals surface area contributed by atoms with Crippen molar-refractivity contribution in [1.29, 1.82) is 0 Å². The molecule has 6 heteroatoms. The standard InChI is InChI=1S/C11H18N4OS/c1-8(2)9-10(17-14-13-9)11(16)15-6-3-4-12-5-7-15/h8,12H,3-7H2,1-2H3. The van der Waals surface area contributed by atoms with E-state index in [4.69, 9.17) is 0 Å². The third-order valence-electron chi connectivity index (χ3n) is 2.88. The molecule has 0 aromatic carbocycles. The van der Waals surface area contributed by atoms with Crippen LogP contribution < -0.4 is 5.32 Å². The summed E-state index contributed by atoms with van der Waals surface area (Å²) in [7, 11) is 0. The Kier molecular flexibility index (Phi) is 4.06. The van der Waals surface area contributed by atoms with Gasteiger partial charge < -0.3 is 10.2 Å². The minimum atomic E-state index is 0.0902. The van der Waals surface area contributed by atoms with Crippen LogP contribution in [0.15, 0.2) is 0 Å². The molecule has 1 aliphatic rings. The number of nitrogens with zero attached hydrogens (tertiary/aromatic N) is 3. The quantitative estimate of drug-likeness (QED) is 0.858. The molecule has 0 bridgehead atoms. The maximum absolute atomic E-state index is 12.4. The molecular formula is C11H18N4OS. The number of nitrogens with one attached hydrogen (secondary N) is 1. The first-order valence-electron chi connectivity index (χ1n) is 6.02. The Morgan fingerprint density at radius 3 is 3.00 bits per heavy atom. The number of rotatable bonds is 2. The van der Waals surface area contributed by atoms with Crippen LogP contribution in [0, 0.1) is 0 Å². The molecular weight excluding hydrogens is 236 g/mol. The third kappa shape index (κ3) is 2.81. The van der Waals surface area contributed by atoms with Crippen molar-refractivity contribution in [2.45, 2.75) is 26.2 Å². The summed E-state index contributed by atoms with van der Waals surface area (Å²) < 4.78 is 3.91. The molecule has 5 nitrogen and oxygen atoms in total. The highest BCUT2D eigenvalue weighted by atomic mass is 32.1. The minimum Gasteiger partial charge on any atom is -0.337 e. The van der Waals surface area contributed by atoms with Crippen LogP contribution in [0.2, 0.25) is 0 Å². The first-order valence-corrected chi connectivity index (χ1v) is 6.79. The second-order valence-corrected chi connectivity index (χ2v) is 5.29. The Balaban J connectivity index is 2.15. The highest BCUT2D eigenvalue weighted by Gasteiger charge is 2.24. The van der Waals surface area contributed by atoms with Gasteiger partial charge in [0, 0.05) is 19.6 Å². The lowest BCUT2D eigenvalue weighted by atomic mass is 10.1. The highest BCUT2D eigenvalue weighted by molar-refractivity contribution is 7.08. The van der Waals surface area contributed by atoms with Crippen LogP contribution in [0.25, 0.3) is 0 Å². The van der Waals surface area contributed by atoms with Crippen molar-refractivity contribution >= 4 is 17.4 Å². The average molecular weight is 254 g/mol. The molecule has 1 amide bonds. The zero-order valence-electron chi connectivity index (χ0n) is 10.3. The highest BCUT2D eigenvalue weighted by Crippen LogP contribution is 2.21. The van der Waals surface area contributed by atoms with Crippen LogP contribution in [0.1, 0.15) is 41.6 Å². The van der Waals surface area contributed by atoms with Gasteiger partial charge in [-0.15, -0.1) is 5.10 Å². The van der Waals surface area contributed by atoms with Gasteiger partial charge in [0.2, 0.25) is 0 Å². The Morgan fingerprint density at radius 2 is 2.24 bits per heavy atom. The lowest BCUT2D eigenvalue weighted by Gasteiger charge is -2.19. The molecule has 1 aliphatic heterocycles. The van der Waals surface area contributed by atoms with E-state index in [1.54, 1.807) is 0 Å². The van der Waals surface area contributed by atoms with Gasteiger partial charge in [-0.25, -0.2) is 0 Å². The molecule has 0 aliphatic carbocycles. The van der Waals surface area contributed by atoms with Crippen molar-refractivity contribution < 1.29 is 4.79 Å². The summed E-state index contributed by atoms with van der Waals surface area (Å²) in [6, 6.07) is 0. The lowest BCUT2D eigenvalue weighted by molar-refractivity contribution is 0.0769. The monoisotopic (exact) mass is 254 g/mol. The fourth-order valence-corrected chi connectivity index (χ4v) is 2.70. The predicted octanol–water partition coefficient (Wildman–Crippen LogP) is 1.10. The Labute approximate surface area is 105 Å². The Hall–Kier alpha value is -1.01. The molecule has 17 heavy (non-hydrogen) atoms. The third-order valence-corrected chi connectivity index (χ3v) is 3.61. The van der Waals surface area contributed by atoms with Gasteiger partial charge in [0.05, 0.1) is 5.69 Å². The van der Waals surface area contributed by atoms with Crippen LogP contribution >= 0.6 is 11.5 Å². The van der Waals surface area contributed by atoms with E-state index < -0.39 is 0 Å². The molecule has 1 aromatic heterocycles. The Bertz CT molecular complexity index is 383. The second-order valence-electron chi connectivity index (χ2n) is 4.54. The number of carbonyl (C=O) groups is 1. The number of aromatic nitrogens is 2. The minimum absolute atomic E-state index is 0.0902. The van der Waals surface area contributed by atoms with Crippen LogP contribution in [0.5, 0.6) is 0 Å². The molecule has 2 heterocycles. The van der Waals surface area contributed by atoms with Crippen LogP contribution in [0.3, 0.4) is 0 Å². The zero-order chi connectivity index (χ0) is 12.3. The van der Waals surface area contributed by atoms with Crippen LogP contribution in [0.4, 0.5) is 0 Å². The van der Waals surface area contributed by atoms with Crippen molar-refractivity contribution in [1.82, 2.24) is 19.8 Å². The van der Waals surface area contributed by atoms with Crippen molar-refractivity contribution in [2.24, 2.45) is 0 Å². The topological polar surface area (TPSA) is 58.1 Å². The van der Waals surface area contributed by atoms with E-state index in [0.29, 0.717) is 4.88 Å². The smallest absolute Gasteiger partial charge is 0.267 e. The molecule has 0 unspecified atom stereocenters. The van der Waals surface area contributed by atoms with Crippen LogP contribution in [-0.2, 0) is 0 Å². The van der Waals surface area contributed by atoms with Gasteiger partial charge in [-0.05, 0) is 30.4 Å². The molecule has 0 atom stereocenters. The van der Waals surface area contributed by atoms with Gasteiger partial charge in [-0.1, -0.05) is 18.3 Å². The van der Waals surface area contributed by atoms with Gasteiger partial charge in [0.25, 0.3) is 5.91 Å². The number of carbonyl (C=O) groups excluding carboxylic acids is 1. The van der Waals surface area contributed by atoms with E-state index in [-0.39, 0.29) is 11.8 Å². The molecule has 0 spiro atoms. The number of hydrogen-bond donors (Lipinski definition) is 1. The van der Waals surface area contributed by atoms with Gasteiger partial charge in [-0.3, -0.25) is 4.79 Å². The zero-order valence-corrected chi connectivity index (χ0v) is 11.1. The van der Waals surface area contributed by atoms with Gasteiger partial charge in [0.15, 0.2) is 0 Å². The van der Waals surface area contributed by atoms with Crippen molar-refractivity contribution in [3.63, 3.8) is 0 Å². The average Bonchev–Trinajstić information content (AvgIpc) is 2.64. The summed E-state index contributed by atoms with van der Waals surface area (Å²) >= 11 is 1.21. The fourth-order valence-electron chi connectivity index (χ4n) is 1.92. The van der Waals surface area contributed by atoms with E-state index >= 15 is 0 Å². The fraction of sp³-hybridized carbons (Fsp3) is 0.727. The summed E-state index contributed by atoms with van der Waals surface area (Å²) in [4.78, 5) is 15.0. The molecule has 1 saturated heterocycles. The summed E-state index contributed by atoms with van der Waals surface area (Å²) in [5, 5.41) is 7.35. The van der Waals surface area contributed by atoms with E-state index in [9.17, 15) is 4.79 Å². The SMILES string of the molecule is CC(C)c1nnsc1C(=O)N1CCCNCC1. The van der Waals surface area contributed by atoms with E-state index in [1.165, 1.54) is 11.5 Å². The maximum Gasteiger partial charge on any atom is 0.267 e. The maximum atomic E-state index is 12.4. The first-order chi connectivity index (χ1) is 8.20. The molecule has 1 fully saturated rings. The molecule has 2 rings (SSSR count). The first kappa shape index (κ1) is 12.4. The summed E-state index contributed by atoms with van der Waals surface area (Å²) in [5.74, 6) is 0.338. The van der Waals surface area contributed by atoms with Crippen LogP contribution in [-0.4, -0.2) is 46.6 Å². The molecule has 1 N–H and O–H groups in total. The van der Waals surface area contributed by atoms with E-state index in [1.807, 2.05) is 18.7 Å². The largest absolute Gasteiger partial charge is 0.337 e. The second kappa shape index (κ2) is 5.55. The van der Waals surface area contributed by atoms with Crippen molar-refractivity contribution in [2.75, 3.05) is 26.2 Å². The van der Waals surface area contributed by atoms with Gasteiger partial charge in [0.1, 0.15) is 4.88 Å². The Morgan fingerprint density at radius 1 is 1.41 bits per heavy atom. The van der Waals surface area contributed by atoms with Crippen molar-refractivity contribution in [3.8, 4) is 0 Å². The molecule has 0 radical (unpaired) electrons.